The van der Waals surface area contributed by atoms with Gasteiger partial charge in [-0.2, -0.15) is 0 Å². The molecule has 1 atom stereocenters. The van der Waals surface area contributed by atoms with Crippen molar-refractivity contribution in [3.8, 4) is 0 Å². The van der Waals surface area contributed by atoms with Gasteiger partial charge in [-0.25, -0.2) is 4.79 Å². The Bertz CT molecular complexity index is 1600. The number of benzene rings is 4. The zero-order valence-electron chi connectivity index (χ0n) is 21.2. The van der Waals surface area contributed by atoms with Crippen LogP contribution in [0.3, 0.4) is 0 Å². The SMILES string of the molecule is COC(=O)c1cccc(N2C(=O)C(=O)/C(=C(\O)c3ccc4ccccc4c3)C2c2ccc(N(C)C)cc2)c1. The molecule has 0 aliphatic carbocycles. The second-order valence-corrected chi connectivity index (χ2v) is 9.26. The van der Waals surface area contributed by atoms with Crippen molar-refractivity contribution >= 4 is 45.6 Å². The summed E-state index contributed by atoms with van der Waals surface area (Å²) in [5.74, 6) is -2.43. The molecule has 4 aromatic rings. The largest absolute Gasteiger partial charge is 0.507 e. The number of hydrogen-bond acceptors (Lipinski definition) is 6. The number of esters is 1. The first-order chi connectivity index (χ1) is 18.3. The van der Waals surface area contributed by atoms with Gasteiger partial charge in [-0.1, -0.05) is 54.6 Å². The van der Waals surface area contributed by atoms with Gasteiger partial charge < -0.3 is 14.7 Å². The van der Waals surface area contributed by atoms with Crippen LogP contribution in [-0.4, -0.2) is 44.0 Å². The molecular weight excluding hydrogens is 480 g/mol. The zero-order valence-corrected chi connectivity index (χ0v) is 21.2. The number of aliphatic hydroxyl groups is 1. The fourth-order valence-corrected chi connectivity index (χ4v) is 4.76. The number of Topliss-reactive ketones (excluding diaryl/α,β-unsaturated/α-hetero) is 1. The van der Waals surface area contributed by atoms with Gasteiger partial charge in [0, 0.05) is 31.0 Å². The molecule has 190 valence electrons. The monoisotopic (exact) mass is 506 g/mol. The minimum atomic E-state index is -0.912. The minimum absolute atomic E-state index is 0.0219. The number of carbonyl (C=O) groups is 3. The summed E-state index contributed by atoms with van der Waals surface area (Å²) >= 11 is 0. The van der Waals surface area contributed by atoms with Crippen LogP contribution in [0, 0.1) is 0 Å². The van der Waals surface area contributed by atoms with Crippen molar-refractivity contribution in [2.24, 2.45) is 0 Å². The number of ketones is 1. The molecule has 38 heavy (non-hydrogen) atoms. The highest BCUT2D eigenvalue weighted by atomic mass is 16.5. The van der Waals surface area contributed by atoms with Crippen LogP contribution in [0.1, 0.15) is 27.5 Å². The van der Waals surface area contributed by atoms with Gasteiger partial charge in [0.15, 0.2) is 0 Å². The van der Waals surface area contributed by atoms with Crippen LogP contribution in [0.25, 0.3) is 16.5 Å². The molecule has 0 bridgehead atoms. The lowest BCUT2D eigenvalue weighted by molar-refractivity contribution is -0.132. The summed E-state index contributed by atoms with van der Waals surface area (Å²) in [5, 5.41) is 13.4. The second-order valence-electron chi connectivity index (χ2n) is 9.26. The Labute approximate surface area is 220 Å². The molecule has 5 rings (SSSR count). The number of nitrogens with zero attached hydrogens (tertiary/aromatic N) is 2. The van der Waals surface area contributed by atoms with E-state index in [1.807, 2.05) is 73.6 Å². The highest BCUT2D eigenvalue weighted by Gasteiger charge is 2.47. The molecule has 1 N–H and O–H groups in total. The van der Waals surface area contributed by atoms with E-state index < -0.39 is 23.7 Å². The summed E-state index contributed by atoms with van der Waals surface area (Å²) in [6.45, 7) is 0. The molecule has 1 aliphatic rings. The molecule has 1 heterocycles. The zero-order chi connectivity index (χ0) is 27.0. The molecule has 4 aromatic carbocycles. The Morgan fingerprint density at radius 2 is 1.55 bits per heavy atom. The summed E-state index contributed by atoms with van der Waals surface area (Å²) in [5.41, 5.74) is 2.57. The third-order valence-electron chi connectivity index (χ3n) is 6.74. The van der Waals surface area contributed by atoms with Crippen LogP contribution >= 0.6 is 0 Å². The van der Waals surface area contributed by atoms with Crippen LogP contribution in [0.15, 0.2) is 96.6 Å². The first-order valence-electron chi connectivity index (χ1n) is 12.1. The van der Waals surface area contributed by atoms with E-state index >= 15 is 0 Å². The van der Waals surface area contributed by atoms with E-state index in [1.54, 1.807) is 30.3 Å². The molecule has 1 unspecified atom stereocenters. The van der Waals surface area contributed by atoms with Crippen molar-refractivity contribution in [3.05, 3.63) is 113 Å². The number of amides is 1. The fraction of sp³-hybridized carbons (Fsp3) is 0.129. The predicted octanol–water partition coefficient (Wildman–Crippen LogP) is 5.32. The Morgan fingerprint density at radius 3 is 2.24 bits per heavy atom. The van der Waals surface area contributed by atoms with Gasteiger partial charge in [0.25, 0.3) is 11.7 Å². The molecule has 0 saturated carbocycles. The van der Waals surface area contributed by atoms with E-state index in [2.05, 4.69) is 0 Å². The topological polar surface area (TPSA) is 87.1 Å². The number of fused-ring (bicyclic) bond motifs is 1. The lowest BCUT2D eigenvalue weighted by atomic mass is 9.94. The van der Waals surface area contributed by atoms with Crippen molar-refractivity contribution < 1.29 is 24.2 Å². The van der Waals surface area contributed by atoms with Crippen molar-refractivity contribution in [3.63, 3.8) is 0 Å². The number of hydrogen-bond donors (Lipinski definition) is 1. The Kier molecular flexibility index (Phi) is 6.43. The predicted molar refractivity (Wildman–Crippen MR) is 147 cm³/mol. The lowest BCUT2D eigenvalue weighted by Crippen LogP contribution is -2.29. The highest BCUT2D eigenvalue weighted by molar-refractivity contribution is 6.51. The third kappa shape index (κ3) is 4.28. The summed E-state index contributed by atoms with van der Waals surface area (Å²) in [4.78, 5) is 42.4. The molecule has 0 aromatic heterocycles. The number of methoxy groups -OCH3 is 1. The maximum atomic E-state index is 13.5. The first kappa shape index (κ1) is 24.8. The van der Waals surface area contributed by atoms with Crippen molar-refractivity contribution in [2.75, 3.05) is 31.0 Å². The van der Waals surface area contributed by atoms with E-state index in [0.717, 1.165) is 16.5 Å². The normalized spacial score (nSPS) is 16.6. The standard InChI is InChI=1S/C31H26N2O5/c1-32(2)24-15-13-20(14-16-24)27-26(28(34)22-12-11-19-7-4-5-8-21(19)17-22)29(35)30(36)33(27)25-10-6-9-23(18-25)31(37)38-3/h4-18,27,34H,1-3H3/b28-26-. The van der Waals surface area contributed by atoms with Crippen LogP contribution in [-0.2, 0) is 14.3 Å². The first-order valence-corrected chi connectivity index (χ1v) is 12.1. The van der Waals surface area contributed by atoms with Crippen LogP contribution in [0.4, 0.5) is 11.4 Å². The van der Waals surface area contributed by atoms with Gasteiger partial charge in [-0.3, -0.25) is 14.5 Å². The van der Waals surface area contributed by atoms with E-state index in [1.165, 1.54) is 18.1 Å². The van der Waals surface area contributed by atoms with Crippen LogP contribution in [0.5, 0.6) is 0 Å². The molecule has 7 heteroatoms. The smallest absolute Gasteiger partial charge is 0.337 e. The van der Waals surface area contributed by atoms with Gasteiger partial charge in [0.05, 0.1) is 24.3 Å². The van der Waals surface area contributed by atoms with Gasteiger partial charge in [0.2, 0.25) is 0 Å². The average Bonchev–Trinajstić information content (AvgIpc) is 3.21. The third-order valence-corrected chi connectivity index (χ3v) is 6.74. The fourth-order valence-electron chi connectivity index (χ4n) is 4.76. The van der Waals surface area contributed by atoms with Crippen molar-refractivity contribution in [2.45, 2.75) is 6.04 Å². The summed E-state index contributed by atoms with van der Waals surface area (Å²) < 4.78 is 4.84. The van der Waals surface area contributed by atoms with Gasteiger partial charge >= 0.3 is 5.97 Å². The molecular formula is C31H26N2O5. The maximum Gasteiger partial charge on any atom is 0.337 e. The van der Waals surface area contributed by atoms with Crippen LogP contribution < -0.4 is 9.80 Å². The molecule has 1 fully saturated rings. The summed E-state index contributed by atoms with van der Waals surface area (Å²) in [6.07, 6.45) is 0. The summed E-state index contributed by atoms with van der Waals surface area (Å²) in [7, 11) is 5.11. The van der Waals surface area contributed by atoms with E-state index in [0.29, 0.717) is 16.8 Å². The number of anilines is 2. The van der Waals surface area contributed by atoms with E-state index in [-0.39, 0.29) is 16.9 Å². The van der Waals surface area contributed by atoms with Crippen molar-refractivity contribution in [1.82, 2.24) is 0 Å². The number of carbonyl (C=O) groups excluding carboxylic acids is 3. The van der Waals surface area contributed by atoms with Gasteiger partial charge in [-0.15, -0.1) is 0 Å². The number of ether oxygens (including phenoxy) is 1. The highest BCUT2D eigenvalue weighted by Crippen LogP contribution is 2.43. The van der Waals surface area contributed by atoms with Gasteiger partial charge in [0.1, 0.15) is 5.76 Å². The Morgan fingerprint density at radius 1 is 0.842 bits per heavy atom. The lowest BCUT2D eigenvalue weighted by Gasteiger charge is -2.26. The van der Waals surface area contributed by atoms with Gasteiger partial charge in [-0.05, 0) is 52.7 Å². The minimum Gasteiger partial charge on any atom is -0.507 e. The molecule has 1 aliphatic heterocycles. The van der Waals surface area contributed by atoms with Crippen molar-refractivity contribution in [1.29, 1.82) is 0 Å². The molecule has 0 radical (unpaired) electrons. The number of aliphatic hydroxyl groups excluding tert-OH is 1. The molecule has 7 nitrogen and oxygen atoms in total. The Balaban J connectivity index is 1.71. The Hall–Kier alpha value is -4.91. The second kappa shape index (κ2) is 9.86. The summed E-state index contributed by atoms with van der Waals surface area (Å²) in [6, 6.07) is 25.9. The number of rotatable bonds is 5. The van der Waals surface area contributed by atoms with E-state index in [4.69, 9.17) is 4.74 Å². The molecule has 0 spiro atoms. The van der Waals surface area contributed by atoms with Crippen LogP contribution in [0.2, 0.25) is 0 Å². The molecule has 1 saturated heterocycles. The maximum absolute atomic E-state index is 13.5. The molecule has 1 amide bonds. The average molecular weight is 507 g/mol. The van der Waals surface area contributed by atoms with E-state index in [9.17, 15) is 19.5 Å². The quantitative estimate of drug-likeness (QED) is 0.171.